The maximum Gasteiger partial charge on any atom is 0.187 e. The third-order valence-electron chi connectivity index (χ3n) is 6.62. The Hall–Kier alpha value is -3.03. The van der Waals surface area contributed by atoms with E-state index in [1.165, 1.54) is 0 Å². The second-order valence-corrected chi connectivity index (χ2v) is 10.2. The van der Waals surface area contributed by atoms with Crippen LogP contribution in [0.4, 0.5) is 0 Å². The summed E-state index contributed by atoms with van der Waals surface area (Å²) in [5.41, 5.74) is 2.70. The van der Waals surface area contributed by atoms with Crippen LogP contribution in [0.5, 0.6) is 5.75 Å². The Balaban J connectivity index is 1.40. The van der Waals surface area contributed by atoms with E-state index in [4.69, 9.17) is 9.72 Å². The van der Waals surface area contributed by atoms with Gasteiger partial charge >= 0.3 is 0 Å². The molecule has 0 radical (unpaired) electrons. The zero-order chi connectivity index (χ0) is 23.2. The Morgan fingerprint density at radius 1 is 1.06 bits per heavy atom. The third-order valence-corrected chi connectivity index (χ3v) is 6.62. The Labute approximate surface area is 194 Å². The topological polar surface area (TPSA) is 75.8 Å². The van der Waals surface area contributed by atoms with Crippen LogP contribution in [0.1, 0.15) is 39.2 Å². The van der Waals surface area contributed by atoms with Crippen molar-refractivity contribution in [1.82, 2.24) is 24.5 Å². The molecule has 1 fully saturated rings. The van der Waals surface area contributed by atoms with E-state index < -0.39 is 5.60 Å². The molecule has 5 rings (SSSR count). The van der Waals surface area contributed by atoms with Crippen LogP contribution in [0.2, 0.25) is 0 Å². The Morgan fingerprint density at radius 3 is 2.61 bits per heavy atom. The van der Waals surface area contributed by atoms with E-state index >= 15 is 0 Å². The number of para-hydroxylation sites is 1. The predicted molar refractivity (Wildman–Crippen MR) is 129 cm³/mol. The van der Waals surface area contributed by atoms with Gasteiger partial charge in [-0.3, -0.25) is 9.30 Å². The fraction of sp³-hybridized carbons (Fsp3) is 0.423. The number of nitrogens with zero attached hydrogens (tertiary/aromatic N) is 5. The number of benzene rings is 1. The number of fused-ring (bicyclic) bond motifs is 2. The zero-order valence-corrected chi connectivity index (χ0v) is 19.7. The van der Waals surface area contributed by atoms with Crippen LogP contribution in [0, 0.1) is 6.92 Å². The van der Waals surface area contributed by atoms with Gasteiger partial charge in [-0.1, -0.05) is 18.2 Å². The van der Waals surface area contributed by atoms with E-state index in [0.717, 1.165) is 40.9 Å². The highest BCUT2D eigenvalue weighted by atomic mass is 16.5. The predicted octanol–water partition coefficient (Wildman–Crippen LogP) is 4.26. The van der Waals surface area contributed by atoms with Crippen molar-refractivity contribution < 1.29 is 9.84 Å². The van der Waals surface area contributed by atoms with Gasteiger partial charge in [0.2, 0.25) is 0 Å². The average molecular weight is 446 g/mol. The number of hydrogen-bond acceptors (Lipinski definition) is 6. The van der Waals surface area contributed by atoms with Gasteiger partial charge in [-0.2, -0.15) is 0 Å². The maximum absolute atomic E-state index is 11.1. The highest BCUT2D eigenvalue weighted by Crippen LogP contribution is 2.31. The molecule has 0 unspecified atom stereocenters. The van der Waals surface area contributed by atoms with Crippen LogP contribution in [0.25, 0.3) is 28.1 Å². The molecule has 1 saturated heterocycles. The molecule has 7 heteroatoms. The summed E-state index contributed by atoms with van der Waals surface area (Å²) in [6, 6.07) is 13.9. The average Bonchev–Trinajstić information content (AvgIpc) is 3.20. The molecule has 33 heavy (non-hydrogen) atoms. The van der Waals surface area contributed by atoms with E-state index in [1.807, 2.05) is 60.0 Å². The van der Waals surface area contributed by atoms with E-state index in [0.29, 0.717) is 24.4 Å². The fourth-order valence-electron chi connectivity index (χ4n) is 4.48. The van der Waals surface area contributed by atoms with E-state index in [2.05, 4.69) is 35.9 Å². The number of rotatable bonds is 4. The molecule has 172 valence electrons. The van der Waals surface area contributed by atoms with Gasteiger partial charge in [-0.15, -0.1) is 10.2 Å². The number of aromatic nitrogens is 4. The molecule has 4 aromatic rings. The van der Waals surface area contributed by atoms with Crippen LogP contribution < -0.4 is 4.74 Å². The van der Waals surface area contributed by atoms with Gasteiger partial charge in [0.05, 0.1) is 0 Å². The summed E-state index contributed by atoms with van der Waals surface area (Å²) in [6.07, 6.45) is 3.35. The van der Waals surface area contributed by atoms with E-state index in [1.54, 1.807) is 0 Å². The summed E-state index contributed by atoms with van der Waals surface area (Å²) in [7, 11) is 0. The number of hydrogen-bond donors (Lipinski definition) is 1. The minimum absolute atomic E-state index is 0.114. The van der Waals surface area contributed by atoms with Gasteiger partial charge in [0.15, 0.2) is 11.5 Å². The van der Waals surface area contributed by atoms with Gasteiger partial charge in [0.25, 0.3) is 0 Å². The molecular weight excluding hydrogens is 414 g/mol. The lowest BCUT2D eigenvalue weighted by molar-refractivity contribution is -0.0668. The summed E-state index contributed by atoms with van der Waals surface area (Å²) >= 11 is 0. The zero-order valence-electron chi connectivity index (χ0n) is 19.7. The lowest BCUT2D eigenvalue weighted by Crippen LogP contribution is -2.53. The highest BCUT2D eigenvalue weighted by Gasteiger charge is 2.36. The SMILES string of the molecule is Cc1ccn2c(-c3ccc4cccc(OCC5(O)CCN(C(C)(C)C)CC5)c4n3)nnc2c1. The summed E-state index contributed by atoms with van der Waals surface area (Å²) in [6.45, 7) is 10.7. The van der Waals surface area contributed by atoms with Crippen molar-refractivity contribution >= 4 is 16.6 Å². The second kappa shape index (κ2) is 8.08. The number of ether oxygens (including phenoxy) is 1. The largest absolute Gasteiger partial charge is 0.488 e. The quantitative estimate of drug-likeness (QED) is 0.506. The van der Waals surface area contributed by atoms with Crippen LogP contribution >= 0.6 is 0 Å². The molecule has 4 heterocycles. The number of piperidine rings is 1. The lowest BCUT2D eigenvalue weighted by Gasteiger charge is -2.44. The minimum Gasteiger partial charge on any atom is -0.488 e. The number of aliphatic hydroxyl groups is 1. The van der Waals surface area contributed by atoms with Crippen LogP contribution in [0.15, 0.2) is 48.7 Å². The first-order valence-electron chi connectivity index (χ1n) is 11.5. The van der Waals surface area contributed by atoms with Gasteiger partial charge in [-0.05, 0) is 70.4 Å². The van der Waals surface area contributed by atoms with Crippen molar-refractivity contribution in [1.29, 1.82) is 0 Å². The molecule has 0 aliphatic carbocycles. The minimum atomic E-state index is -0.831. The van der Waals surface area contributed by atoms with Gasteiger partial charge < -0.3 is 9.84 Å². The first-order chi connectivity index (χ1) is 15.7. The first kappa shape index (κ1) is 21.8. The van der Waals surface area contributed by atoms with Crippen molar-refractivity contribution in [2.24, 2.45) is 0 Å². The standard InChI is InChI=1S/C26H31N5O2/c1-18-10-13-31-22(16-18)28-29-24(31)20-9-8-19-6-5-7-21(23(19)27-20)33-17-26(32)11-14-30(15-12-26)25(2,3)4/h5-10,13,16,32H,11-12,14-15,17H2,1-4H3. The molecule has 1 aliphatic rings. The van der Waals surface area contributed by atoms with Crippen LogP contribution in [-0.2, 0) is 0 Å². The van der Waals surface area contributed by atoms with Crippen LogP contribution in [0.3, 0.4) is 0 Å². The molecule has 3 aromatic heterocycles. The summed E-state index contributed by atoms with van der Waals surface area (Å²) in [5, 5.41) is 20.8. The van der Waals surface area contributed by atoms with Crippen molar-refractivity contribution in [2.75, 3.05) is 19.7 Å². The molecule has 1 N–H and O–H groups in total. The van der Waals surface area contributed by atoms with E-state index in [-0.39, 0.29) is 12.1 Å². The summed E-state index contributed by atoms with van der Waals surface area (Å²) < 4.78 is 8.13. The normalized spacial score (nSPS) is 17.0. The Bertz CT molecular complexity index is 1300. The van der Waals surface area contributed by atoms with Gasteiger partial charge in [0, 0.05) is 30.2 Å². The van der Waals surface area contributed by atoms with Crippen molar-refractivity contribution in [3.05, 3.63) is 54.2 Å². The maximum atomic E-state index is 11.1. The Kier molecular flexibility index (Phi) is 5.34. The van der Waals surface area contributed by atoms with Crippen LogP contribution in [-0.4, -0.2) is 60.4 Å². The molecular formula is C26H31N5O2. The molecule has 0 saturated carbocycles. The van der Waals surface area contributed by atoms with Crippen molar-refractivity contribution in [2.45, 2.75) is 51.7 Å². The summed E-state index contributed by atoms with van der Waals surface area (Å²) in [5.74, 6) is 1.36. The number of pyridine rings is 2. The third kappa shape index (κ3) is 4.30. The second-order valence-electron chi connectivity index (χ2n) is 10.2. The fourth-order valence-corrected chi connectivity index (χ4v) is 4.48. The lowest BCUT2D eigenvalue weighted by atomic mass is 9.89. The van der Waals surface area contributed by atoms with Crippen molar-refractivity contribution in [3.8, 4) is 17.3 Å². The Morgan fingerprint density at radius 2 is 1.85 bits per heavy atom. The molecule has 0 spiro atoms. The molecule has 1 aromatic carbocycles. The molecule has 0 bridgehead atoms. The summed E-state index contributed by atoms with van der Waals surface area (Å²) in [4.78, 5) is 7.30. The number of aryl methyl sites for hydroxylation is 1. The van der Waals surface area contributed by atoms with Crippen molar-refractivity contribution in [3.63, 3.8) is 0 Å². The highest BCUT2D eigenvalue weighted by molar-refractivity contribution is 5.86. The first-order valence-corrected chi connectivity index (χ1v) is 11.5. The molecule has 1 aliphatic heterocycles. The number of likely N-dealkylation sites (tertiary alicyclic amines) is 1. The molecule has 0 amide bonds. The monoisotopic (exact) mass is 445 g/mol. The smallest absolute Gasteiger partial charge is 0.187 e. The van der Waals surface area contributed by atoms with Gasteiger partial charge in [0.1, 0.15) is 29.2 Å². The molecule has 7 nitrogen and oxygen atoms in total. The van der Waals surface area contributed by atoms with Gasteiger partial charge in [-0.25, -0.2) is 4.98 Å². The molecule has 0 atom stereocenters. The van der Waals surface area contributed by atoms with E-state index in [9.17, 15) is 5.11 Å².